The Morgan fingerprint density at radius 3 is 2.64 bits per heavy atom. The van der Waals surface area contributed by atoms with Crippen LogP contribution in [0.15, 0.2) is 6.33 Å². The SMILES string of the molecule is CC[C@H](NS(=O)(=O)N1CCC(OC)CC1)c1ncnn1CC. The third kappa shape index (κ3) is 3.83. The Hall–Kier alpha value is -1.03. The summed E-state index contributed by atoms with van der Waals surface area (Å²) >= 11 is 0. The molecule has 0 radical (unpaired) electrons. The molecule has 2 rings (SSSR count). The van der Waals surface area contributed by atoms with Gasteiger partial charge in [0.1, 0.15) is 12.2 Å². The van der Waals surface area contributed by atoms with Gasteiger partial charge in [0.05, 0.1) is 12.1 Å². The van der Waals surface area contributed by atoms with Crippen molar-refractivity contribution in [2.45, 2.75) is 51.8 Å². The maximum atomic E-state index is 12.6. The van der Waals surface area contributed by atoms with Crippen LogP contribution in [0, 0.1) is 0 Å². The van der Waals surface area contributed by atoms with Gasteiger partial charge in [-0.3, -0.25) is 0 Å². The van der Waals surface area contributed by atoms with Crippen LogP contribution in [0.1, 0.15) is 45.0 Å². The number of piperidine rings is 1. The number of aromatic nitrogens is 3. The van der Waals surface area contributed by atoms with Crippen molar-refractivity contribution in [1.82, 2.24) is 23.8 Å². The fraction of sp³-hybridized carbons (Fsp3) is 0.846. The third-order valence-electron chi connectivity index (χ3n) is 4.03. The van der Waals surface area contributed by atoms with Gasteiger partial charge in [-0.15, -0.1) is 0 Å². The van der Waals surface area contributed by atoms with E-state index in [1.54, 1.807) is 11.8 Å². The smallest absolute Gasteiger partial charge is 0.280 e. The van der Waals surface area contributed by atoms with Gasteiger partial charge in [-0.2, -0.15) is 22.5 Å². The van der Waals surface area contributed by atoms with E-state index in [9.17, 15) is 8.42 Å². The molecule has 9 heteroatoms. The number of hydrogen-bond donors (Lipinski definition) is 1. The van der Waals surface area contributed by atoms with E-state index in [1.165, 1.54) is 10.6 Å². The number of ether oxygens (including phenoxy) is 1. The summed E-state index contributed by atoms with van der Waals surface area (Å²) in [4.78, 5) is 4.20. The Morgan fingerprint density at radius 1 is 1.41 bits per heavy atom. The standard InChI is InChI=1S/C13H25N5O3S/c1-4-12(13-14-10-15-18(13)5-2)16-22(19,20)17-8-6-11(21-3)7-9-17/h10-12,16H,4-9H2,1-3H3/t12-/m0/s1. The second-order valence-electron chi connectivity index (χ2n) is 5.35. The predicted octanol–water partition coefficient (Wildman–Crippen LogP) is 0.694. The molecule has 1 N–H and O–H groups in total. The summed E-state index contributed by atoms with van der Waals surface area (Å²) in [7, 11) is -1.87. The highest BCUT2D eigenvalue weighted by Crippen LogP contribution is 2.19. The second kappa shape index (κ2) is 7.49. The molecule has 1 saturated heterocycles. The molecule has 1 aliphatic rings. The quantitative estimate of drug-likeness (QED) is 0.794. The molecule has 0 bridgehead atoms. The molecule has 126 valence electrons. The summed E-state index contributed by atoms with van der Waals surface area (Å²) < 4.78 is 36.4. The maximum absolute atomic E-state index is 12.6. The number of hydrogen-bond acceptors (Lipinski definition) is 5. The molecule has 0 saturated carbocycles. The highest BCUT2D eigenvalue weighted by molar-refractivity contribution is 7.87. The van der Waals surface area contributed by atoms with Crippen molar-refractivity contribution in [3.63, 3.8) is 0 Å². The Labute approximate surface area is 132 Å². The van der Waals surface area contributed by atoms with Crippen LogP contribution in [-0.4, -0.2) is 53.8 Å². The number of methoxy groups -OCH3 is 1. The highest BCUT2D eigenvalue weighted by Gasteiger charge is 2.31. The summed E-state index contributed by atoms with van der Waals surface area (Å²) in [6.07, 6.45) is 3.67. The average Bonchev–Trinajstić information content (AvgIpc) is 3.01. The summed E-state index contributed by atoms with van der Waals surface area (Å²) in [5.74, 6) is 0.653. The molecule has 1 atom stereocenters. The molecule has 8 nitrogen and oxygen atoms in total. The van der Waals surface area contributed by atoms with Crippen LogP contribution in [0.5, 0.6) is 0 Å². The molecule has 1 fully saturated rings. The zero-order valence-corrected chi connectivity index (χ0v) is 14.2. The van der Waals surface area contributed by atoms with Crippen molar-refractivity contribution in [3.05, 3.63) is 12.2 Å². The van der Waals surface area contributed by atoms with Crippen molar-refractivity contribution in [2.75, 3.05) is 20.2 Å². The minimum absolute atomic E-state index is 0.150. The van der Waals surface area contributed by atoms with Crippen molar-refractivity contribution in [1.29, 1.82) is 0 Å². The number of nitrogens with zero attached hydrogens (tertiary/aromatic N) is 4. The average molecular weight is 331 g/mol. The van der Waals surface area contributed by atoms with Gasteiger partial charge >= 0.3 is 0 Å². The molecule has 0 unspecified atom stereocenters. The lowest BCUT2D eigenvalue weighted by atomic mass is 10.1. The zero-order chi connectivity index (χ0) is 16.2. The van der Waals surface area contributed by atoms with Gasteiger partial charge < -0.3 is 4.74 Å². The topological polar surface area (TPSA) is 89.3 Å². The Morgan fingerprint density at radius 2 is 2.09 bits per heavy atom. The van der Waals surface area contributed by atoms with Crippen LogP contribution in [0.25, 0.3) is 0 Å². The van der Waals surface area contributed by atoms with Crippen molar-refractivity contribution < 1.29 is 13.2 Å². The molecular weight excluding hydrogens is 306 g/mol. The van der Waals surface area contributed by atoms with Gasteiger partial charge in [0, 0.05) is 26.7 Å². The molecule has 0 aliphatic carbocycles. The highest BCUT2D eigenvalue weighted by atomic mass is 32.2. The first-order valence-corrected chi connectivity index (χ1v) is 9.13. The molecular formula is C13H25N5O3S. The molecule has 1 aromatic heterocycles. The van der Waals surface area contributed by atoms with Gasteiger partial charge in [0.2, 0.25) is 0 Å². The fourth-order valence-electron chi connectivity index (χ4n) is 2.67. The second-order valence-corrected chi connectivity index (χ2v) is 7.05. The molecule has 1 aliphatic heterocycles. The summed E-state index contributed by atoms with van der Waals surface area (Å²) in [6, 6.07) is -0.368. The fourth-order valence-corrected chi connectivity index (χ4v) is 4.14. The third-order valence-corrected chi connectivity index (χ3v) is 5.66. The normalized spacial score (nSPS) is 19.4. The van der Waals surface area contributed by atoms with E-state index >= 15 is 0 Å². The van der Waals surface area contributed by atoms with Crippen molar-refractivity contribution >= 4 is 10.2 Å². The lowest BCUT2D eigenvalue weighted by Crippen LogP contribution is -2.47. The van der Waals surface area contributed by atoms with Crippen LogP contribution in [-0.2, 0) is 21.5 Å². The van der Waals surface area contributed by atoms with E-state index < -0.39 is 10.2 Å². The van der Waals surface area contributed by atoms with E-state index in [0.717, 1.165) is 12.8 Å². The van der Waals surface area contributed by atoms with Crippen LogP contribution >= 0.6 is 0 Å². The monoisotopic (exact) mass is 331 g/mol. The van der Waals surface area contributed by atoms with Crippen molar-refractivity contribution in [2.24, 2.45) is 0 Å². The molecule has 0 spiro atoms. The first-order valence-electron chi connectivity index (χ1n) is 7.69. The van der Waals surface area contributed by atoms with Crippen molar-refractivity contribution in [3.8, 4) is 0 Å². The molecule has 1 aromatic rings. The molecule has 0 amide bonds. The lowest BCUT2D eigenvalue weighted by Gasteiger charge is -2.31. The van der Waals surface area contributed by atoms with E-state index in [2.05, 4.69) is 14.8 Å². The van der Waals surface area contributed by atoms with E-state index in [1.807, 2.05) is 13.8 Å². The summed E-state index contributed by atoms with van der Waals surface area (Å²) in [6.45, 7) is 5.50. The Kier molecular flexibility index (Phi) is 5.90. The largest absolute Gasteiger partial charge is 0.381 e. The molecule has 22 heavy (non-hydrogen) atoms. The van der Waals surface area contributed by atoms with Gasteiger partial charge in [0.15, 0.2) is 0 Å². The molecule has 0 aromatic carbocycles. The van der Waals surface area contributed by atoms with Gasteiger partial charge in [-0.25, -0.2) is 9.67 Å². The first-order chi connectivity index (χ1) is 10.5. The van der Waals surface area contributed by atoms with Gasteiger partial charge in [-0.05, 0) is 26.2 Å². The van der Waals surface area contributed by atoms with Gasteiger partial charge in [0.25, 0.3) is 10.2 Å². The van der Waals surface area contributed by atoms with Crippen LogP contribution < -0.4 is 4.72 Å². The van der Waals surface area contributed by atoms with Crippen LogP contribution in [0.4, 0.5) is 0 Å². The van der Waals surface area contributed by atoms with E-state index in [-0.39, 0.29) is 12.1 Å². The number of aryl methyl sites for hydroxylation is 1. The lowest BCUT2D eigenvalue weighted by molar-refractivity contribution is 0.0601. The maximum Gasteiger partial charge on any atom is 0.280 e. The van der Waals surface area contributed by atoms with Crippen LogP contribution in [0.2, 0.25) is 0 Å². The Bertz CT molecular complexity index is 566. The van der Waals surface area contributed by atoms with E-state index in [4.69, 9.17) is 4.74 Å². The summed E-state index contributed by atoms with van der Waals surface area (Å²) in [5, 5.41) is 4.11. The summed E-state index contributed by atoms with van der Waals surface area (Å²) in [5.41, 5.74) is 0. The van der Waals surface area contributed by atoms with Crippen LogP contribution in [0.3, 0.4) is 0 Å². The minimum atomic E-state index is -3.53. The zero-order valence-electron chi connectivity index (χ0n) is 13.4. The minimum Gasteiger partial charge on any atom is -0.381 e. The Balaban J connectivity index is 2.07. The van der Waals surface area contributed by atoms with Gasteiger partial charge in [-0.1, -0.05) is 6.92 Å². The molecule has 2 heterocycles. The number of rotatable bonds is 7. The predicted molar refractivity (Wildman–Crippen MR) is 82.4 cm³/mol. The van der Waals surface area contributed by atoms with E-state index in [0.29, 0.717) is 31.9 Å². The first kappa shape index (κ1) is 17.3. The number of nitrogens with one attached hydrogen (secondary N) is 1.